The van der Waals surface area contributed by atoms with Crippen LogP contribution in [0.4, 0.5) is 0 Å². The first-order chi connectivity index (χ1) is 13.8. The number of benzene rings is 1. The molecule has 1 aromatic rings. The van der Waals surface area contributed by atoms with Gasteiger partial charge in [-0.05, 0) is 38.2 Å². The van der Waals surface area contributed by atoms with Crippen molar-refractivity contribution in [3.05, 3.63) is 29.8 Å². The lowest BCUT2D eigenvalue weighted by Gasteiger charge is -2.30. The third kappa shape index (κ3) is 6.86. The van der Waals surface area contributed by atoms with Crippen LogP contribution in [0.15, 0.2) is 24.3 Å². The SMILES string of the molecule is CN(C)CCCOc1ccc(CN2CCC(=O)C(C(=O)NCC(=O)O)C2=O)cc1. The van der Waals surface area contributed by atoms with Crippen LogP contribution in [0.1, 0.15) is 18.4 Å². The highest BCUT2D eigenvalue weighted by molar-refractivity contribution is 6.19. The first-order valence-electron chi connectivity index (χ1n) is 9.45. The molecule has 1 saturated heterocycles. The Hall–Kier alpha value is -2.94. The van der Waals surface area contributed by atoms with Crippen molar-refractivity contribution in [3.63, 3.8) is 0 Å². The van der Waals surface area contributed by atoms with E-state index in [9.17, 15) is 19.2 Å². The molecule has 1 aromatic carbocycles. The molecule has 1 aliphatic heterocycles. The van der Waals surface area contributed by atoms with Crippen molar-refractivity contribution < 1.29 is 29.0 Å². The van der Waals surface area contributed by atoms with Crippen molar-refractivity contribution in [2.45, 2.75) is 19.4 Å². The van der Waals surface area contributed by atoms with Crippen molar-refractivity contribution >= 4 is 23.6 Å². The molecule has 158 valence electrons. The predicted molar refractivity (Wildman–Crippen MR) is 104 cm³/mol. The second-order valence-corrected chi connectivity index (χ2v) is 7.17. The van der Waals surface area contributed by atoms with Gasteiger partial charge in [0.05, 0.1) is 6.61 Å². The summed E-state index contributed by atoms with van der Waals surface area (Å²) in [4.78, 5) is 50.8. The van der Waals surface area contributed by atoms with Crippen molar-refractivity contribution in [1.29, 1.82) is 0 Å². The van der Waals surface area contributed by atoms with Crippen LogP contribution in [-0.4, -0.2) is 78.8 Å². The smallest absolute Gasteiger partial charge is 0.322 e. The molecule has 2 rings (SSSR count). The lowest BCUT2D eigenvalue weighted by atomic mass is 9.94. The molecule has 1 heterocycles. The van der Waals surface area contributed by atoms with Gasteiger partial charge in [-0.1, -0.05) is 12.1 Å². The van der Waals surface area contributed by atoms with E-state index in [0.29, 0.717) is 6.61 Å². The molecule has 2 N–H and O–H groups in total. The molecule has 2 amide bonds. The van der Waals surface area contributed by atoms with Crippen LogP contribution in [-0.2, 0) is 25.7 Å². The Morgan fingerprint density at radius 3 is 2.55 bits per heavy atom. The van der Waals surface area contributed by atoms with Crippen LogP contribution in [0.2, 0.25) is 0 Å². The molecular formula is C20H27N3O6. The van der Waals surface area contributed by atoms with Crippen molar-refractivity contribution in [3.8, 4) is 5.75 Å². The maximum atomic E-state index is 12.6. The van der Waals surface area contributed by atoms with E-state index in [2.05, 4.69) is 10.2 Å². The van der Waals surface area contributed by atoms with Gasteiger partial charge in [-0.2, -0.15) is 0 Å². The molecule has 29 heavy (non-hydrogen) atoms. The van der Waals surface area contributed by atoms with Crippen LogP contribution in [0.3, 0.4) is 0 Å². The van der Waals surface area contributed by atoms with Crippen LogP contribution >= 0.6 is 0 Å². The molecular weight excluding hydrogens is 378 g/mol. The van der Waals surface area contributed by atoms with E-state index in [4.69, 9.17) is 9.84 Å². The van der Waals surface area contributed by atoms with E-state index >= 15 is 0 Å². The van der Waals surface area contributed by atoms with Crippen LogP contribution < -0.4 is 10.1 Å². The van der Waals surface area contributed by atoms with Gasteiger partial charge in [0.25, 0.3) is 0 Å². The van der Waals surface area contributed by atoms with Gasteiger partial charge in [-0.25, -0.2) is 0 Å². The summed E-state index contributed by atoms with van der Waals surface area (Å²) in [6.45, 7) is 1.40. The van der Waals surface area contributed by atoms with Crippen molar-refractivity contribution in [1.82, 2.24) is 15.1 Å². The number of Topliss-reactive ketones (excluding diaryl/α,β-unsaturated/α-hetero) is 1. The standard InChI is InChI=1S/C20H27N3O6/c1-22(2)9-3-11-29-15-6-4-14(5-7-15)13-23-10-8-16(24)18(20(23)28)19(27)21-12-17(25)26/h4-7,18H,3,8-13H2,1-2H3,(H,21,27)(H,25,26). The maximum Gasteiger partial charge on any atom is 0.322 e. The zero-order chi connectivity index (χ0) is 21.4. The fourth-order valence-electron chi connectivity index (χ4n) is 2.98. The summed E-state index contributed by atoms with van der Waals surface area (Å²) in [6.07, 6.45) is 0.973. The summed E-state index contributed by atoms with van der Waals surface area (Å²) in [6, 6.07) is 7.32. The number of carboxylic acid groups (broad SMARTS) is 1. The van der Waals surface area contributed by atoms with Gasteiger partial charge < -0.3 is 25.0 Å². The number of carboxylic acids is 1. The number of hydrogen-bond donors (Lipinski definition) is 2. The number of aliphatic carboxylic acids is 1. The Bertz CT molecular complexity index is 747. The van der Waals surface area contributed by atoms with Gasteiger partial charge in [0.2, 0.25) is 11.8 Å². The Balaban J connectivity index is 1.91. The van der Waals surface area contributed by atoms with Gasteiger partial charge in [-0.3, -0.25) is 19.2 Å². The van der Waals surface area contributed by atoms with Crippen LogP contribution in [0, 0.1) is 5.92 Å². The summed E-state index contributed by atoms with van der Waals surface area (Å²) >= 11 is 0. The second-order valence-electron chi connectivity index (χ2n) is 7.17. The summed E-state index contributed by atoms with van der Waals surface area (Å²) < 4.78 is 5.68. The number of carbonyl (C=O) groups is 4. The molecule has 1 fully saturated rings. The number of amides is 2. The highest BCUT2D eigenvalue weighted by atomic mass is 16.5. The number of ketones is 1. The summed E-state index contributed by atoms with van der Waals surface area (Å²) in [5, 5.41) is 10.8. The molecule has 0 saturated carbocycles. The summed E-state index contributed by atoms with van der Waals surface area (Å²) in [7, 11) is 4.01. The maximum absolute atomic E-state index is 12.6. The average molecular weight is 405 g/mol. The number of likely N-dealkylation sites (tertiary alicyclic amines) is 1. The highest BCUT2D eigenvalue weighted by Gasteiger charge is 2.40. The Labute approximate surface area is 169 Å². The molecule has 9 nitrogen and oxygen atoms in total. The second kappa shape index (κ2) is 10.6. The normalized spacial score (nSPS) is 16.8. The minimum absolute atomic E-state index is 0.0595. The Kier molecular flexibility index (Phi) is 8.14. The van der Waals surface area contributed by atoms with Crippen LogP contribution in [0.25, 0.3) is 0 Å². The molecule has 1 atom stereocenters. The molecule has 0 spiro atoms. The fourth-order valence-corrected chi connectivity index (χ4v) is 2.98. The van der Waals surface area contributed by atoms with E-state index in [1.54, 1.807) is 0 Å². The van der Waals surface area contributed by atoms with E-state index in [0.717, 1.165) is 24.3 Å². The number of ether oxygens (including phenoxy) is 1. The number of nitrogens with zero attached hydrogens (tertiary/aromatic N) is 2. The molecule has 0 aliphatic carbocycles. The molecule has 0 radical (unpaired) electrons. The lowest BCUT2D eigenvalue weighted by Crippen LogP contribution is -2.52. The van der Waals surface area contributed by atoms with E-state index in [-0.39, 0.29) is 19.5 Å². The molecule has 0 bridgehead atoms. The fraction of sp³-hybridized carbons (Fsp3) is 0.500. The van der Waals surface area contributed by atoms with Gasteiger partial charge >= 0.3 is 5.97 Å². The zero-order valence-corrected chi connectivity index (χ0v) is 16.7. The third-order valence-corrected chi connectivity index (χ3v) is 4.50. The lowest BCUT2D eigenvalue weighted by molar-refractivity contribution is -0.152. The van der Waals surface area contributed by atoms with Crippen molar-refractivity contribution in [2.24, 2.45) is 5.92 Å². The van der Waals surface area contributed by atoms with Gasteiger partial charge in [0.15, 0.2) is 11.7 Å². The molecule has 9 heteroatoms. The first-order valence-corrected chi connectivity index (χ1v) is 9.45. The molecule has 1 unspecified atom stereocenters. The largest absolute Gasteiger partial charge is 0.494 e. The predicted octanol–water partition coefficient (Wildman–Crippen LogP) is 0.136. The zero-order valence-electron chi connectivity index (χ0n) is 16.7. The monoisotopic (exact) mass is 405 g/mol. The number of piperidine rings is 1. The van der Waals surface area contributed by atoms with Gasteiger partial charge in [0, 0.05) is 26.1 Å². The quantitative estimate of drug-likeness (QED) is 0.420. The average Bonchev–Trinajstić information content (AvgIpc) is 2.67. The van der Waals surface area contributed by atoms with Gasteiger partial charge in [0.1, 0.15) is 12.3 Å². The Morgan fingerprint density at radius 2 is 1.93 bits per heavy atom. The summed E-state index contributed by atoms with van der Waals surface area (Å²) in [5.74, 6) is -3.95. The molecule has 1 aliphatic rings. The van der Waals surface area contributed by atoms with E-state index in [1.807, 2.05) is 38.4 Å². The molecule has 0 aromatic heterocycles. The number of rotatable bonds is 10. The van der Waals surface area contributed by atoms with Crippen LogP contribution in [0.5, 0.6) is 5.75 Å². The van der Waals surface area contributed by atoms with Crippen molar-refractivity contribution in [2.75, 3.05) is 40.3 Å². The first kappa shape index (κ1) is 22.4. The summed E-state index contributed by atoms with van der Waals surface area (Å²) in [5.41, 5.74) is 0.845. The Morgan fingerprint density at radius 1 is 1.24 bits per heavy atom. The topological polar surface area (TPSA) is 116 Å². The number of nitrogens with one attached hydrogen (secondary N) is 1. The highest BCUT2D eigenvalue weighted by Crippen LogP contribution is 2.19. The van der Waals surface area contributed by atoms with E-state index in [1.165, 1.54) is 4.90 Å². The number of hydrogen-bond acceptors (Lipinski definition) is 6. The minimum atomic E-state index is -1.48. The third-order valence-electron chi connectivity index (χ3n) is 4.50. The van der Waals surface area contributed by atoms with E-state index < -0.39 is 36.0 Å². The minimum Gasteiger partial charge on any atom is -0.494 e. The number of carbonyl (C=O) groups excluding carboxylic acids is 3. The van der Waals surface area contributed by atoms with Gasteiger partial charge in [-0.15, -0.1) is 0 Å².